The van der Waals surface area contributed by atoms with E-state index in [2.05, 4.69) is 129 Å². The predicted octanol–water partition coefficient (Wildman–Crippen LogP) is 13.2. The second-order valence-electron chi connectivity index (χ2n) is 23.2. The molecule has 2 fully saturated rings. The van der Waals surface area contributed by atoms with Gasteiger partial charge >= 0.3 is 0 Å². The molecule has 2 aliphatic rings. The third kappa shape index (κ3) is 39.3. The zero-order valence-electron chi connectivity index (χ0n) is 52.8. The van der Waals surface area contributed by atoms with Crippen LogP contribution in [0.3, 0.4) is 0 Å². The molecule has 2 heterocycles. The molecule has 12 unspecified atom stereocenters. The topological polar surface area (TPSA) is 228 Å². The van der Waals surface area contributed by atoms with Gasteiger partial charge in [0.25, 0.3) is 0 Å². The first-order valence-electron chi connectivity index (χ1n) is 33.6. The average Bonchev–Trinajstić information content (AvgIpc) is 3.29. The van der Waals surface area contributed by atoms with Crippen LogP contribution in [0.1, 0.15) is 239 Å². The van der Waals surface area contributed by atoms with Crippen molar-refractivity contribution in [3.8, 4) is 0 Å². The van der Waals surface area contributed by atoms with Crippen molar-refractivity contribution in [1.82, 2.24) is 5.32 Å². The van der Waals surface area contributed by atoms with E-state index in [1.807, 2.05) is 0 Å². The molecule has 0 aliphatic carbocycles. The zero-order valence-corrected chi connectivity index (χ0v) is 52.8. The molecule has 1 amide bonds. The van der Waals surface area contributed by atoms with Crippen LogP contribution in [-0.4, -0.2) is 140 Å². The Bertz CT molecular complexity index is 1840. The van der Waals surface area contributed by atoms with Crippen molar-refractivity contribution in [1.29, 1.82) is 0 Å². The normalized spacial score (nSPS) is 24.3. The lowest BCUT2D eigenvalue weighted by molar-refractivity contribution is -0.359. The number of allylic oxidation sites excluding steroid dienone is 18. The highest BCUT2D eigenvalue weighted by Gasteiger charge is 2.51. The van der Waals surface area contributed by atoms with Crippen molar-refractivity contribution in [2.75, 3.05) is 19.8 Å². The van der Waals surface area contributed by atoms with Crippen LogP contribution in [-0.2, 0) is 23.7 Å². The van der Waals surface area contributed by atoms with Gasteiger partial charge < -0.3 is 65.1 Å². The summed E-state index contributed by atoms with van der Waals surface area (Å²) in [6.45, 7) is 2.74. The summed E-state index contributed by atoms with van der Waals surface area (Å²) < 4.78 is 22.9. The molecule has 14 heteroatoms. The molecule has 0 radical (unpaired) electrons. The second-order valence-corrected chi connectivity index (χ2v) is 23.2. The van der Waals surface area contributed by atoms with Crippen LogP contribution in [0.4, 0.5) is 0 Å². The number of nitrogens with one attached hydrogen (secondary N) is 1. The van der Waals surface area contributed by atoms with E-state index in [1.54, 1.807) is 0 Å². The van der Waals surface area contributed by atoms with Gasteiger partial charge in [0.15, 0.2) is 12.6 Å². The first-order chi connectivity index (χ1) is 41.6. The number of carbonyl (C=O) groups is 1. The molecule has 0 spiro atoms. The number of unbranched alkanes of at least 4 members (excludes halogenated alkanes) is 22. The Balaban J connectivity index is 1.70. The highest BCUT2D eigenvalue weighted by molar-refractivity contribution is 5.76. The Labute approximate surface area is 515 Å². The average molecular weight is 1200 g/mol. The summed E-state index contributed by atoms with van der Waals surface area (Å²) in [4.78, 5) is 13.3. The molecule has 0 aromatic rings. The molecule has 0 bridgehead atoms. The summed E-state index contributed by atoms with van der Waals surface area (Å²) in [5, 5.41) is 87.5. The molecular formula is C71H121NO13. The maximum atomic E-state index is 13.3. The molecule has 488 valence electrons. The minimum Gasteiger partial charge on any atom is -0.394 e. The quantitative estimate of drug-likeness (QED) is 0.0204. The molecule has 0 aromatic heterocycles. The highest BCUT2D eigenvalue weighted by Crippen LogP contribution is 2.30. The van der Waals surface area contributed by atoms with Crippen molar-refractivity contribution in [2.45, 2.75) is 312 Å². The molecule has 14 nitrogen and oxygen atoms in total. The summed E-state index contributed by atoms with van der Waals surface area (Å²) in [6, 6.07) is -0.848. The second kappa shape index (κ2) is 54.8. The van der Waals surface area contributed by atoms with Gasteiger partial charge in [0.1, 0.15) is 48.8 Å². The number of hydrogen-bond acceptors (Lipinski definition) is 13. The lowest BCUT2D eigenvalue weighted by atomic mass is 9.97. The van der Waals surface area contributed by atoms with Crippen molar-refractivity contribution < 1.29 is 64.6 Å². The van der Waals surface area contributed by atoms with Gasteiger partial charge in [0, 0.05) is 6.42 Å². The van der Waals surface area contributed by atoms with Gasteiger partial charge in [-0.05, 0) is 83.5 Å². The van der Waals surface area contributed by atoms with Crippen LogP contribution in [0.5, 0.6) is 0 Å². The van der Waals surface area contributed by atoms with Gasteiger partial charge in [0.2, 0.25) is 5.91 Å². The minimum absolute atomic E-state index is 0.229. The molecular weight excluding hydrogens is 1070 g/mol. The Kier molecular flexibility index (Phi) is 50.1. The van der Waals surface area contributed by atoms with Crippen LogP contribution in [0.2, 0.25) is 0 Å². The van der Waals surface area contributed by atoms with Crippen molar-refractivity contribution in [3.63, 3.8) is 0 Å². The molecule has 2 rings (SSSR count). The van der Waals surface area contributed by atoms with E-state index >= 15 is 0 Å². The highest BCUT2D eigenvalue weighted by atomic mass is 16.7. The monoisotopic (exact) mass is 1200 g/mol. The number of hydrogen-bond donors (Lipinski definition) is 9. The Morgan fingerprint density at radius 1 is 0.435 bits per heavy atom. The fourth-order valence-corrected chi connectivity index (χ4v) is 10.4. The van der Waals surface area contributed by atoms with E-state index in [4.69, 9.17) is 18.9 Å². The molecule has 0 aromatic carbocycles. The van der Waals surface area contributed by atoms with E-state index < -0.39 is 86.8 Å². The Morgan fingerprint density at radius 2 is 0.812 bits per heavy atom. The largest absolute Gasteiger partial charge is 0.394 e. The van der Waals surface area contributed by atoms with E-state index in [0.717, 1.165) is 116 Å². The Hall–Kier alpha value is -3.35. The smallest absolute Gasteiger partial charge is 0.220 e. The number of rotatable bonds is 53. The third-order valence-electron chi connectivity index (χ3n) is 15.8. The molecule has 12 atom stereocenters. The fraction of sp³-hybridized carbons (Fsp3) is 0.732. The maximum absolute atomic E-state index is 13.3. The van der Waals surface area contributed by atoms with Crippen LogP contribution in [0.25, 0.3) is 0 Å². The standard InChI is InChI=1S/C71H121NO13/c1-3-5-7-9-11-13-15-17-19-21-23-24-25-26-27-28-29-30-31-32-33-34-35-36-37-39-41-43-45-47-49-51-53-55-63(76)72-59(60(75)54-52-50-48-46-44-42-40-38-22-20-18-16-14-12-10-8-6-4-2)58-82-70-68(81)66(79)69(62(57-74)84-70)85-71-67(80)65(78)64(77)61(56-73)83-71/h5,7,11,13,17,19,23-24,26-27,29-30,32-33,35-36,39,41,59-62,64-71,73-75,77-81H,3-4,6,8-10,12,14-16,18,20-22,25,28,31,34,37-38,40,42-58H2,1-2H3,(H,72,76)/b7-5-,13-11-,19-17-,24-23-,27-26-,30-29-,33-32-,36-35-,41-39-. The number of amides is 1. The summed E-state index contributed by atoms with van der Waals surface area (Å²) >= 11 is 0. The third-order valence-corrected chi connectivity index (χ3v) is 15.8. The van der Waals surface area contributed by atoms with E-state index in [0.29, 0.717) is 12.8 Å². The molecule has 2 saturated heterocycles. The number of ether oxygens (including phenoxy) is 4. The van der Waals surface area contributed by atoms with Gasteiger partial charge in [0.05, 0.1) is 32.0 Å². The summed E-state index contributed by atoms with van der Waals surface area (Å²) in [5.74, 6) is -0.229. The van der Waals surface area contributed by atoms with Gasteiger partial charge in [-0.1, -0.05) is 258 Å². The maximum Gasteiger partial charge on any atom is 0.220 e. The van der Waals surface area contributed by atoms with Crippen molar-refractivity contribution in [2.24, 2.45) is 0 Å². The van der Waals surface area contributed by atoms with Crippen LogP contribution in [0, 0.1) is 0 Å². The van der Waals surface area contributed by atoms with Crippen LogP contribution >= 0.6 is 0 Å². The zero-order chi connectivity index (χ0) is 61.6. The number of carbonyl (C=O) groups excluding carboxylic acids is 1. The van der Waals surface area contributed by atoms with E-state index in [9.17, 15) is 45.6 Å². The van der Waals surface area contributed by atoms with Gasteiger partial charge in [-0.25, -0.2) is 0 Å². The molecule has 85 heavy (non-hydrogen) atoms. The Morgan fingerprint density at radius 3 is 1.25 bits per heavy atom. The first kappa shape index (κ1) is 77.7. The first-order valence-corrected chi connectivity index (χ1v) is 33.6. The van der Waals surface area contributed by atoms with Crippen LogP contribution < -0.4 is 5.32 Å². The van der Waals surface area contributed by atoms with E-state index in [1.165, 1.54) is 89.9 Å². The summed E-state index contributed by atoms with van der Waals surface area (Å²) in [6.07, 6.45) is 60.8. The molecule has 9 N–H and O–H groups in total. The van der Waals surface area contributed by atoms with Gasteiger partial charge in [-0.15, -0.1) is 0 Å². The fourth-order valence-electron chi connectivity index (χ4n) is 10.4. The van der Waals surface area contributed by atoms with Crippen molar-refractivity contribution in [3.05, 3.63) is 109 Å². The SMILES string of the molecule is CC/C=C\C/C=C\C/C=C\C/C=C\C/C=C\C/C=C\C/C=C\C/C=C\C/C=C\CCCCCCCC(=O)NC(COC1OC(CO)C(OC2OC(CO)C(O)C(O)C2O)C(O)C1O)C(O)CCCCCCCCCCCCCCCCCCCC. The van der Waals surface area contributed by atoms with Gasteiger partial charge in [-0.2, -0.15) is 0 Å². The summed E-state index contributed by atoms with van der Waals surface area (Å²) in [7, 11) is 0. The number of aliphatic hydroxyl groups excluding tert-OH is 8. The molecule has 2 aliphatic heterocycles. The predicted molar refractivity (Wildman–Crippen MR) is 345 cm³/mol. The van der Waals surface area contributed by atoms with Crippen LogP contribution in [0.15, 0.2) is 109 Å². The number of aliphatic hydroxyl groups is 8. The minimum atomic E-state index is -1.79. The lowest BCUT2D eigenvalue weighted by Gasteiger charge is -2.46. The molecule has 0 saturated carbocycles. The van der Waals surface area contributed by atoms with E-state index in [-0.39, 0.29) is 18.9 Å². The van der Waals surface area contributed by atoms with Gasteiger partial charge in [-0.3, -0.25) is 4.79 Å². The lowest BCUT2D eigenvalue weighted by Crippen LogP contribution is -2.65. The van der Waals surface area contributed by atoms with Crippen molar-refractivity contribution >= 4 is 5.91 Å². The summed E-state index contributed by atoms with van der Waals surface area (Å²) in [5.41, 5.74) is 0.